The molecule has 0 aromatic rings. The Hall–Kier alpha value is 0.930. The van der Waals surface area contributed by atoms with Crippen molar-refractivity contribution in [1.82, 2.24) is 0 Å². The van der Waals surface area contributed by atoms with Crippen LogP contribution in [0.1, 0.15) is 0 Å². The van der Waals surface area contributed by atoms with Crippen molar-refractivity contribution in [2.75, 3.05) is 6.61 Å². The molecule has 1 rings (SSSR count). The highest BCUT2D eigenvalue weighted by molar-refractivity contribution is 7.75. The Morgan fingerprint density at radius 3 is 2.54 bits per heavy atom. The second kappa shape index (κ2) is 5.72. The van der Waals surface area contributed by atoms with Crippen LogP contribution in [0.3, 0.4) is 0 Å². The van der Waals surface area contributed by atoms with Crippen molar-refractivity contribution in [3.05, 3.63) is 0 Å². The van der Waals surface area contributed by atoms with E-state index in [0.29, 0.717) is 0 Å². The van der Waals surface area contributed by atoms with Crippen molar-refractivity contribution in [1.29, 1.82) is 0 Å². The third-order valence-corrected chi connectivity index (χ3v) is 2.61. The highest BCUT2D eigenvalue weighted by Crippen LogP contribution is 2.24. The van der Waals surface area contributed by atoms with Crippen molar-refractivity contribution >= 4 is 35.3 Å². The van der Waals surface area contributed by atoms with E-state index in [2.05, 4.69) is 39.5 Å². The smallest absolute Gasteiger partial charge is 0.200 e. The molecule has 1 heterocycles. The maximum Gasteiger partial charge on any atom is 0.200 e. The quantitative estimate of drug-likeness (QED) is 0.371. The standard InChI is InChI=1S/C5H11O5PS2/c6-3-2(8-11)1-7-5(10-13)4(3)9-12/h2-6,12-13H,1,11H2/t2-,3-,4+,5?/m1/s1. The summed E-state index contributed by atoms with van der Waals surface area (Å²) >= 11 is 7.18. The van der Waals surface area contributed by atoms with Crippen LogP contribution in [0.5, 0.6) is 0 Å². The minimum Gasteiger partial charge on any atom is -0.387 e. The number of aliphatic hydroxyl groups excluding tert-OH is 1. The lowest BCUT2D eigenvalue weighted by atomic mass is 10.1. The van der Waals surface area contributed by atoms with E-state index < -0.39 is 24.6 Å². The molecule has 0 spiro atoms. The van der Waals surface area contributed by atoms with E-state index in [1.807, 2.05) is 0 Å². The summed E-state index contributed by atoms with van der Waals surface area (Å²) < 4.78 is 19.3. The highest BCUT2D eigenvalue weighted by Gasteiger charge is 2.41. The van der Waals surface area contributed by atoms with Gasteiger partial charge in [0.2, 0.25) is 0 Å². The minimum absolute atomic E-state index is 0.212. The molecule has 13 heavy (non-hydrogen) atoms. The number of ether oxygens (including phenoxy) is 1. The molecule has 2 unspecified atom stereocenters. The fourth-order valence-electron chi connectivity index (χ4n) is 1.08. The van der Waals surface area contributed by atoms with Gasteiger partial charge in [-0.2, -0.15) is 0 Å². The largest absolute Gasteiger partial charge is 0.387 e. The number of aliphatic hydroxyl groups is 1. The highest BCUT2D eigenvalue weighted by atomic mass is 32.1. The molecule has 1 fully saturated rings. The normalized spacial score (nSPS) is 40.6. The molecule has 1 saturated heterocycles. The van der Waals surface area contributed by atoms with Gasteiger partial charge >= 0.3 is 0 Å². The third kappa shape index (κ3) is 2.70. The Labute approximate surface area is 89.6 Å². The molecule has 78 valence electrons. The molecule has 0 bridgehead atoms. The first-order valence-corrected chi connectivity index (χ1v) is 4.70. The molecule has 0 amide bonds. The molecule has 5 nitrogen and oxygen atoms in total. The van der Waals surface area contributed by atoms with Crippen LogP contribution in [-0.2, 0) is 17.6 Å². The molecule has 0 aliphatic carbocycles. The fourth-order valence-corrected chi connectivity index (χ4v) is 1.72. The third-order valence-electron chi connectivity index (χ3n) is 1.81. The summed E-state index contributed by atoms with van der Waals surface area (Å²) in [5.41, 5.74) is 0. The zero-order valence-corrected chi connectivity index (χ0v) is 9.51. The van der Waals surface area contributed by atoms with Crippen LogP contribution in [0.2, 0.25) is 0 Å². The van der Waals surface area contributed by atoms with Crippen molar-refractivity contribution in [3.8, 4) is 0 Å². The van der Waals surface area contributed by atoms with Crippen molar-refractivity contribution < 1.29 is 22.7 Å². The van der Waals surface area contributed by atoms with Gasteiger partial charge in [-0.05, 0) is 25.8 Å². The van der Waals surface area contributed by atoms with Gasteiger partial charge in [-0.3, -0.25) is 4.18 Å². The summed E-state index contributed by atoms with van der Waals surface area (Å²) in [6.07, 6.45) is -2.80. The van der Waals surface area contributed by atoms with Gasteiger partial charge in [-0.15, -0.1) is 0 Å². The van der Waals surface area contributed by atoms with Gasteiger partial charge in [0, 0.05) is 9.47 Å². The average molecular weight is 246 g/mol. The Balaban J connectivity index is 2.59. The van der Waals surface area contributed by atoms with Crippen molar-refractivity contribution in [2.45, 2.75) is 24.6 Å². The number of rotatable bonds is 3. The number of hydrogen-bond acceptors (Lipinski definition) is 7. The summed E-state index contributed by atoms with van der Waals surface area (Å²) in [7, 11) is 2.05. The molecule has 0 saturated carbocycles. The second-order valence-electron chi connectivity index (χ2n) is 2.54. The lowest BCUT2D eigenvalue weighted by Crippen LogP contribution is -2.53. The summed E-state index contributed by atoms with van der Waals surface area (Å²) in [4.78, 5) is 0. The molecule has 0 aromatic heterocycles. The lowest BCUT2D eigenvalue weighted by molar-refractivity contribution is -0.219. The second-order valence-corrected chi connectivity index (χ2v) is 3.24. The monoisotopic (exact) mass is 246 g/mol. The van der Waals surface area contributed by atoms with Gasteiger partial charge in [-0.25, -0.2) is 0 Å². The molecule has 1 aliphatic rings. The van der Waals surface area contributed by atoms with Gasteiger partial charge in [0.05, 0.1) is 6.61 Å². The molecule has 5 atom stereocenters. The molecular formula is C5H11O5PS2. The predicted molar refractivity (Wildman–Crippen MR) is 54.3 cm³/mol. The fraction of sp³-hybridized carbons (Fsp3) is 1.00. The first kappa shape index (κ1) is 12.0. The zero-order valence-electron chi connectivity index (χ0n) is 6.57. The van der Waals surface area contributed by atoms with Crippen molar-refractivity contribution in [2.24, 2.45) is 0 Å². The molecule has 8 heteroatoms. The molecule has 1 N–H and O–H groups in total. The van der Waals surface area contributed by atoms with Gasteiger partial charge in [0.15, 0.2) is 12.4 Å². The Morgan fingerprint density at radius 1 is 1.38 bits per heavy atom. The molecule has 1 aliphatic heterocycles. The van der Waals surface area contributed by atoms with Crippen molar-refractivity contribution in [3.63, 3.8) is 0 Å². The molecule has 0 radical (unpaired) electrons. The van der Waals surface area contributed by atoms with Gasteiger partial charge in [0.25, 0.3) is 0 Å². The lowest BCUT2D eigenvalue weighted by Gasteiger charge is -2.36. The summed E-state index contributed by atoms with van der Waals surface area (Å²) in [6, 6.07) is 0. The number of thiol groups is 2. The van der Waals surface area contributed by atoms with E-state index in [4.69, 9.17) is 13.4 Å². The average Bonchev–Trinajstić information content (AvgIpc) is 2.17. The maximum absolute atomic E-state index is 9.62. The van der Waals surface area contributed by atoms with Gasteiger partial charge < -0.3 is 18.6 Å². The topological polar surface area (TPSA) is 57.2 Å². The first-order valence-electron chi connectivity index (χ1n) is 3.50. The van der Waals surface area contributed by atoms with Gasteiger partial charge in [0.1, 0.15) is 12.2 Å². The van der Waals surface area contributed by atoms with Crippen LogP contribution in [0.25, 0.3) is 0 Å². The summed E-state index contributed by atoms with van der Waals surface area (Å²) in [5, 5.41) is 9.62. The van der Waals surface area contributed by atoms with E-state index in [-0.39, 0.29) is 6.61 Å². The van der Waals surface area contributed by atoms with Crippen LogP contribution in [-0.4, -0.2) is 36.3 Å². The number of hydrogen-bond donors (Lipinski definition) is 3. The van der Waals surface area contributed by atoms with Crippen LogP contribution in [0.15, 0.2) is 0 Å². The van der Waals surface area contributed by atoms with Crippen LogP contribution < -0.4 is 0 Å². The van der Waals surface area contributed by atoms with E-state index in [9.17, 15) is 5.11 Å². The van der Waals surface area contributed by atoms with E-state index in [1.165, 1.54) is 0 Å². The first-order chi connectivity index (χ1) is 6.24. The summed E-state index contributed by atoms with van der Waals surface area (Å²) in [5.74, 6) is 0. The Kier molecular flexibility index (Phi) is 5.28. The Bertz CT molecular complexity index is 162. The van der Waals surface area contributed by atoms with E-state index in [0.717, 1.165) is 0 Å². The van der Waals surface area contributed by atoms with E-state index in [1.54, 1.807) is 0 Å². The van der Waals surface area contributed by atoms with Gasteiger partial charge in [-0.1, -0.05) is 0 Å². The van der Waals surface area contributed by atoms with E-state index >= 15 is 0 Å². The van der Waals surface area contributed by atoms with Crippen LogP contribution >= 0.6 is 35.3 Å². The Morgan fingerprint density at radius 2 is 2.08 bits per heavy atom. The maximum atomic E-state index is 9.62. The summed E-state index contributed by atoms with van der Waals surface area (Å²) in [6.45, 7) is 0.212. The molecular weight excluding hydrogens is 235 g/mol. The predicted octanol–water partition coefficient (Wildman–Crippen LogP) is -0.0297. The minimum atomic E-state index is -0.860. The van der Waals surface area contributed by atoms with Crippen LogP contribution in [0.4, 0.5) is 0 Å². The molecule has 0 aromatic carbocycles. The SMILES string of the molecule is O[C@H]1[C@H](OS)C(OS)OC[C@H]1OP. The van der Waals surface area contributed by atoms with Crippen LogP contribution in [0, 0.1) is 0 Å². The zero-order chi connectivity index (χ0) is 9.84.